The second-order valence-electron chi connectivity index (χ2n) is 7.45. The van der Waals surface area contributed by atoms with E-state index < -0.39 is 24.5 Å². The molecule has 2 aromatic carbocycles. The highest BCUT2D eigenvalue weighted by atomic mass is 32.2. The summed E-state index contributed by atoms with van der Waals surface area (Å²) in [6.07, 6.45) is -1.57. The number of rotatable bonds is 4. The minimum absolute atomic E-state index is 0.107. The third-order valence-corrected chi connectivity index (χ3v) is 6.69. The molecule has 0 bridgehead atoms. The summed E-state index contributed by atoms with van der Waals surface area (Å²) < 4.78 is 15.4. The number of methoxy groups -OCH3 is 1. The molecule has 168 valence electrons. The molecule has 0 aromatic heterocycles. The molecule has 32 heavy (non-hydrogen) atoms. The van der Waals surface area contributed by atoms with E-state index in [1.54, 1.807) is 16.7 Å². The third kappa shape index (κ3) is 4.83. The molecule has 8 nitrogen and oxygen atoms in total. The lowest BCUT2D eigenvalue weighted by molar-refractivity contribution is -0.147. The Balaban J connectivity index is 1.51. The van der Waals surface area contributed by atoms with Gasteiger partial charge in [0.15, 0.2) is 6.23 Å². The van der Waals surface area contributed by atoms with Gasteiger partial charge in [-0.2, -0.15) is 0 Å². The number of alkyl carbamates (subject to hydrolysis) is 1. The van der Waals surface area contributed by atoms with Crippen molar-refractivity contribution in [1.82, 2.24) is 10.2 Å². The van der Waals surface area contributed by atoms with E-state index in [-0.39, 0.29) is 17.9 Å². The highest BCUT2D eigenvalue weighted by Gasteiger charge is 2.44. The molecule has 0 aliphatic carbocycles. The van der Waals surface area contributed by atoms with Gasteiger partial charge in [-0.05, 0) is 28.9 Å². The van der Waals surface area contributed by atoms with Crippen LogP contribution in [0.25, 0.3) is 0 Å². The van der Waals surface area contributed by atoms with Crippen LogP contribution in [0.15, 0.2) is 54.6 Å². The van der Waals surface area contributed by atoms with Gasteiger partial charge in [0.05, 0.1) is 7.11 Å². The number of ether oxygens (including phenoxy) is 3. The fourth-order valence-electron chi connectivity index (χ4n) is 3.88. The van der Waals surface area contributed by atoms with Crippen molar-refractivity contribution in [2.24, 2.45) is 0 Å². The summed E-state index contributed by atoms with van der Waals surface area (Å²) in [5, 5.41) is 2.36. The van der Waals surface area contributed by atoms with Crippen LogP contribution in [0.3, 0.4) is 0 Å². The Morgan fingerprint density at radius 3 is 2.66 bits per heavy atom. The zero-order valence-corrected chi connectivity index (χ0v) is 18.4. The molecular formula is C23H24N2O6S. The smallest absolute Gasteiger partial charge is 0.445 e. The number of hydrogen-bond donors (Lipinski definition) is 1. The first-order valence-corrected chi connectivity index (χ1v) is 11.3. The Hall–Kier alpha value is -3.20. The summed E-state index contributed by atoms with van der Waals surface area (Å²) in [5.74, 6) is 0.315. The molecule has 0 unspecified atom stereocenters. The fourth-order valence-corrected chi connectivity index (χ4v) is 5.28. The largest absolute Gasteiger partial charge is 0.509 e. The fraction of sp³-hybridized carbons (Fsp3) is 0.348. The number of carbonyl (C=O) groups excluding carboxylic acids is 3. The molecule has 1 N–H and O–H groups in total. The number of fused-ring (bicyclic) bond motifs is 3. The number of benzene rings is 2. The number of hydrogen-bond acceptors (Lipinski definition) is 7. The van der Waals surface area contributed by atoms with Crippen molar-refractivity contribution in [3.05, 3.63) is 71.3 Å². The van der Waals surface area contributed by atoms with Gasteiger partial charge in [-0.1, -0.05) is 54.6 Å². The second kappa shape index (κ2) is 9.95. The topological polar surface area (TPSA) is 94.2 Å². The number of amides is 2. The molecule has 2 aromatic rings. The first kappa shape index (κ1) is 22.0. The number of thioether (sulfide) groups is 1. The minimum Gasteiger partial charge on any atom is -0.445 e. The molecule has 0 radical (unpaired) electrons. The molecule has 1 saturated heterocycles. The van der Waals surface area contributed by atoms with Gasteiger partial charge in [-0.15, -0.1) is 11.8 Å². The van der Waals surface area contributed by atoms with Gasteiger partial charge in [0.2, 0.25) is 5.91 Å². The van der Waals surface area contributed by atoms with Crippen LogP contribution < -0.4 is 5.32 Å². The molecule has 2 heterocycles. The van der Waals surface area contributed by atoms with Gasteiger partial charge in [0.1, 0.15) is 18.0 Å². The highest BCUT2D eigenvalue weighted by molar-refractivity contribution is 7.99. The second-order valence-corrected chi connectivity index (χ2v) is 8.63. The van der Waals surface area contributed by atoms with Crippen molar-refractivity contribution in [2.75, 3.05) is 12.9 Å². The van der Waals surface area contributed by atoms with Gasteiger partial charge < -0.3 is 19.5 Å². The Morgan fingerprint density at radius 2 is 1.88 bits per heavy atom. The van der Waals surface area contributed by atoms with Crippen LogP contribution in [-0.4, -0.2) is 48.2 Å². The Kier molecular flexibility index (Phi) is 6.84. The highest BCUT2D eigenvalue weighted by Crippen LogP contribution is 2.43. The van der Waals surface area contributed by atoms with Gasteiger partial charge in [0, 0.05) is 6.42 Å². The number of carbonyl (C=O) groups is 3. The van der Waals surface area contributed by atoms with Crippen LogP contribution in [0, 0.1) is 0 Å². The molecule has 2 aliphatic rings. The summed E-state index contributed by atoms with van der Waals surface area (Å²) in [6.45, 7) is 0.107. The third-order valence-electron chi connectivity index (χ3n) is 5.42. The summed E-state index contributed by atoms with van der Waals surface area (Å²) >= 11 is 1.57. The molecule has 2 aliphatic heterocycles. The SMILES string of the molecule is COC(=O)O[C@@H]1Cc2ccccc2[C@@H]2SCC[C@H](NC(=O)OCc3ccccc3)C(=O)N12. The zero-order valence-electron chi connectivity index (χ0n) is 17.6. The van der Waals surface area contributed by atoms with E-state index in [0.717, 1.165) is 16.7 Å². The van der Waals surface area contributed by atoms with E-state index in [9.17, 15) is 14.4 Å². The summed E-state index contributed by atoms with van der Waals surface area (Å²) in [6, 6.07) is 16.3. The molecule has 4 rings (SSSR count). The quantitative estimate of drug-likeness (QED) is 0.703. The number of nitrogens with zero attached hydrogens (tertiary/aromatic N) is 1. The van der Waals surface area contributed by atoms with Crippen LogP contribution in [0.1, 0.15) is 28.5 Å². The van der Waals surface area contributed by atoms with Gasteiger partial charge in [0.25, 0.3) is 0 Å². The predicted octanol–water partition coefficient (Wildman–Crippen LogP) is 3.61. The summed E-state index contributed by atoms with van der Waals surface area (Å²) in [4.78, 5) is 39.3. The summed E-state index contributed by atoms with van der Waals surface area (Å²) in [5.41, 5.74) is 2.86. The lowest BCUT2D eigenvalue weighted by Crippen LogP contribution is -2.54. The predicted molar refractivity (Wildman–Crippen MR) is 118 cm³/mol. The van der Waals surface area contributed by atoms with Crippen molar-refractivity contribution in [3.8, 4) is 0 Å². The molecule has 2 amide bonds. The molecule has 0 saturated carbocycles. The average molecular weight is 457 g/mol. The van der Waals surface area contributed by atoms with E-state index >= 15 is 0 Å². The number of nitrogens with one attached hydrogen (secondary N) is 1. The minimum atomic E-state index is -0.859. The molecular weight excluding hydrogens is 432 g/mol. The first-order chi connectivity index (χ1) is 15.6. The maximum absolute atomic E-state index is 13.5. The first-order valence-electron chi connectivity index (χ1n) is 10.3. The monoisotopic (exact) mass is 456 g/mol. The normalized spacial score (nSPS) is 22.1. The van der Waals surface area contributed by atoms with Crippen molar-refractivity contribution in [1.29, 1.82) is 0 Å². The average Bonchev–Trinajstić information content (AvgIpc) is 2.97. The van der Waals surface area contributed by atoms with Gasteiger partial charge >= 0.3 is 12.2 Å². The van der Waals surface area contributed by atoms with E-state index in [1.165, 1.54) is 7.11 Å². The standard InChI is InChI=1S/C23H24N2O6S/c1-29-23(28)31-19-13-16-9-5-6-10-17(16)21-25(19)20(26)18(11-12-32-21)24-22(27)30-14-15-7-3-2-4-8-15/h2-10,18-19,21H,11-14H2,1H3,(H,24,27)/t18-,19+,21-/m0/s1. The van der Waals surface area contributed by atoms with Crippen molar-refractivity contribution in [2.45, 2.75) is 37.1 Å². The Bertz CT molecular complexity index is 985. The molecule has 9 heteroatoms. The Labute approximate surface area is 190 Å². The van der Waals surface area contributed by atoms with Gasteiger partial charge in [-0.3, -0.25) is 9.69 Å². The zero-order chi connectivity index (χ0) is 22.5. The van der Waals surface area contributed by atoms with E-state index in [4.69, 9.17) is 9.47 Å². The van der Waals surface area contributed by atoms with Crippen LogP contribution in [0.5, 0.6) is 0 Å². The van der Waals surface area contributed by atoms with Crippen LogP contribution >= 0.6 is 11.8 Å². The van der Waals surface area contributed by atoms with Gasteiger partial charge in [-0.25, -0.2) is 9.59 Å². The maximum atomic E-state index is 13.5. The lowest BCUT2D eigenvalue weighted by Gasteiger charge is -2.41. The van der Waals surface area contributed by atoms with E-state index in [1.807, 2.05) is 54.6 Å². The van der Waals surface area contributed by atoms with Crippen molar-refractivity contribution in [3.63, 3.8) is 0 Å². The molecule has 0 spiro atoms. The maximum Gasteiger partial charge on any atom is 0.509 e. The summed E-state index contributed by atoms with van der Waals surface area (Å²) in [7, 11) is 1.22. The Morgan fingerprint density at radius 1 is 1.12 bits per heavy atom. The van der Waals surface area contributed by atoms with Crippen molar-refractivity contribution >= 4 is 29.9 Å². The molecule has 1 fully saturated rings. The van der Waals surface area contributed by atoms with Crippen LogP contribution in [0.4, 0.5) is 9.59 Å². The molecule has 3 atom stereocenters. The van der Waals surface area contributed by atoms with E-state index in [2.05, 4.69) is 10.1 Å². The lowest BCUT2D eigenvalue weighted by atomic mass is 9.97. The van der Waals surface area contributed by atoms with Crippen molar-refractivity contribution < 1.29 is 28.6 Å². The van der Waals surface area contributed by atoms with E-state index in [0.29, 0.717) is 18.6 Å². The van der Waals surface area contributed by atoms with Crippen LogP contribution in [0.2, 0.25) is 0 Å². The van der Waals surface area contributed by atoms with Crippen LogP contribution in [-0.2, 0) is 32.0 Å².